The Morgan fingerprint density at radius 2 is 2.13 bits per heavy atom. The molecule has 3 nitrogen and oxygen atoms in total. The van der Waals surface area contributed by atoms with Gasteiger partial charge < -0.3 is 5.32 Å². The Morgan fingerprint density at radius 3 is 2.73 bits per heavy atom. The average molecular weight is 207 g/mol. The average Bonchev–Trinajstić information content (AvgIpc) is 2.74. The minimum Gasteiger partial charge on any atom is -0.316 e. The van der Waals surface area contributed by atoms with Gasteiger partial charge in [0.25, 0.3) is 0 Å². The van der Waals surface area contributed by atoms with Crippen molar-refractivity contribution in [2.75, 3.05) is 13.1 Å². The van der Waals surface area contributed by atoms with Gasteiger partial charge in [0.1, 0.15) is 5.54 Å². The highest BCUT2D eigenvalue weighted by molar-refractivity contribution is 5.13. The molecule has 84 valence electrons. The van der Waals surface area contributed by atoms with E-state index in [4.69, 9.17) is 0 Å². The minimum absolute atomic E-state index is 0.264. The van der Waals surface area contributed by atoms with Crippen LogP contribution in [0.1, 0.15) is 39.0 Å². The normalized spacial score (nSPS) is 37.7. The van der Waals surface area contributed by atoms with E-state index in [9.17, 15) is 5.26 Å². The van der Waals surface area contributed by atoms with Crippen LogP contribution in [0.25, 0.3) is 0 Å². The Hall–Kier alpha value is -0.590. The van der Waals surface area contributed by atoms with Crippen LogP contribution in [0.5, 0.6) is 0 Å². The first kappa shape index (κ1) is 10.9. The Bertz CT molecular complexity index is 252. The third-order valence-corrected chi connectivity index (χ3v) is 4.00. The van der Waals surface area contributed by atoms with Crippen molar-refractivity contribution in [3.05, 3.63) is 0 Å². The molecule has 2 N–H and O–H groups in total. The van der Waals surface area contributed by atoms with E-state index < -0.39 is 0 Å². The predicted octanol–water partition coefficient (Wildman–Crippen LogP) is 1.41. The van der Waals surface area contributed by atoms with Crippen molar-refractivity contribution in [3.63, 3.8) is 0 Å². The molecule has 0 radical (unpaired) electrons. The molecule has 1 saturated heterocycles. The van der Waals surface area contributed by atoms with Gasteiger partial charge in [-0.15, -0.1) is 0 Å². The van der Waals surface area contributed by atoms with Crippen LogP contribution < -0.4 is 10.6 Å². The monoisotopic (exact) mass is 207 g/mol. The van der Waals surface area contributed by atoms with Gasteiger partial charge in [0.05, 0.1) is 6.07 Å². The molecule has 2 fully saturated rings. The Morgan fingerprint density at radius 1 is 1.40 bits per heavy atom. The molecule has 15 heavy (non-hydrogen) atoms. The highest BCUT2D eigenvalue weighted by Gasteiger charge is 2.40. The summed E-state index contributed by atoms with van der Waals surface area (Å²) in [6.07, 6.45) is 6.10. The van der Waals surface area contributed by atoms with Crippen LogP contribution in [0, 0.1) is 17.2 Å². The van der Waals surface area contributed by atoms with E-state index in [1.54, 1.807) is 0 Å². The molecule has 0 aromatic carbocycles. The first-order chi connectivity index (χ1) is 7.27. The van der Waals surface area contributed by atoms with Crippen LogP contribution in [-0.4, -0.2) is 24.7 Å². The molecular weight excluding hydrogens is 186 g/mol. The van der Waals surface area contributed by atoms with Gasteiger partial charge in [-0.3, -0.25) is 5.32 Å². The lowest BCUT2D eigenvalue weighted by atomic mass is 9.80. The summed E-state index contributed by atoms with van der Waals surface area (Å²) >= 11 is 0. The molecule has 0 aromatic rings. The zero-order valence-corrected chi connectivity index (χ0v) is 9.55. The minimum atomic E-state index is -0.264. The molecule has 2 unspecified atom stereocenters. The molecule has 1 aliphatic heterocycles. The van der Waals surface area contributed by atoms with Crippen molar-refractivity contribution in [2.24, 2.45) is 5.92 Å². The molecule has 2 rings (SSSR count). The van der Waals surface area contributed by atoms with Crippen LogP contribution in [0.2, 0.25) is 0 Å². The number of hydrogen-bond acceptors (Lipinski definition) is 3. The standard InChI is InChI=1S/C12H21N3/c1-10-8-14-7-6-12(10,9-13)15-11-4-2-3-5-11/h10-11,14-15H,2-8H2,1H3. The molecule has 0 amide bonds. The lowest BCUT2D eigenvalue weighted by Crippen LogP contribution is -2.59. The van der Waals surface area contributed by atoms with Crippen LogP contribution >= 0.6 is 0 Å². The molecule has 0 aromatic heterocycles. The molecule has 2 aliphatic rings. The summed E-state index contributed by atoms with van der Waals surface area (Å²) in [6, 6.07) is 3.13. The van der Waals surface area contributed by atoms with Crippen molar-refractivity contribution >= 4 is 0 Å². The van der Waals surface area contributed by atoms with Crippen LogP contribution in [0.15, 0.2) is 0 Å². The summed E-state index contributed by atoms with van der Waals surface area (Å²) < 4.78 is 0. The molecule has 1 heterocycles. The van der Waals surface area contributed by atoms with Gasteiger partial charge in [0, 0.05) is 18.5 Å². The van der Waals surface area contributed by atoms with Crippen LogP contribution in [-0.2, 0) is 0 Å². The number of nitriles is 1. The molecular formula is C12H21N3. The summed E-state index contributed by atoms with van der Waals surface area (Å²) in [5.41, 5.74) is -0.264. The van der Waals surface area contributed by atoms with Crippen LogP contribution in [0.4, 0.5) is 0 Å². The van der Waals surface area contributed by atoms with E-state index in [1.807, 2.05) is 0 Å². The maximum Gasteiger partial charge on any atom is 0.111 e. The van der Waals surface area contributed by atoms with E-state index in [2.05, 4.69) is 23.6 Å². The molecule has 2 atom stereocenters. The predicted molar refractivity (Wildman–Crippen MR) is 60.4 cm³/mol. The smallest absolute Gasteiger partial charge is 0.111 e. The van der Waals surface area contributed by atoms with Crippen molar-refractivity contribution in [3.8, 4) is 6.07 Å². The first-order valence-corrected chi connectivity index (χ1v) is 6.16. The Labute approximate surface area is 92.2 Å². The number of piperidine rings is 1. The van der Waals surface area contributed by atoms with E-state index in [-0.39, 0.29) is 5.54 Å². The van der Waals surface area contributed by atoms with Gasteiger partial charge in [0.15, 0.2) is 0 Å². The molecule has 1 aliphatic carbocycles. The summed E-state index contributed by atoms with van der Waals surface area (Å²) in [5.74, 6) is 0.414. The highest BCUT2D eigenvalue weighted by Crippen LogP contribution is 2.28. The lowest BCUT2D eigenvalue weighted by molar-refractivity contribution is 0.206. The number of nitrogens with zero attached hydrogens (tertiary/aromatic N) is 1. The Kier molecular flexibility index (Phi) is 3.28. The number of nitrogens with one attached hydrogen (secondary N) is 2. The van der Waals surface area contributed by atoms with E-state index in [0.717, 1.165) is 19.5 Å². The molecule has 1 saturated carbocycles. The van der Waals surface area contributed by atoms with Crippen molar-refractivity contribution in [1.82, 2.24) is 10.6 Å². The summed E-state index contributed by atoms with van der Waals surface area (Å²) in [4.78, 5) is 0. The van der Waals surface area contributed by atoms with Gasteiger partial charge in [-0.05, 0) is 25.8 Å². The maximum atomic E-state index is 9.43. The van der Waals surface area contributed by atoms with Crippen molar-refractivity contribution in [1.29, 1.82) is 5.26 Å². The van der Waals surface area contributed by atoms with Gasteiger partial charge in [-0.1, -0.05) is 19.8 Å². The van der Waals surface area contributed by atoms with E-state index >= 15 is 0 Å². The largest absolute Gasteiger partial charge is 0.316 e. The zero-order chi connectivity index (χ0) is 10.7. The SMILES string of the molecule is CC1CNCCC1(C#N)NC1CCCC1. The second kappa shape index (κ2) is 4.51. The third kappa shape index (κ3) is 2.16. The fourth-order valence-electron chi connectivity index (χ4n) is 2.87. The van der Waals surface area contributed by atoms with E-state index in [1.165, 1.54) is 25.7 Å². The lowest BCUT2D eigenvalue weighted by Gasteiger charge is -2.40. The fourth-order valence-corrected chi connectivity index (χ4v) is 2.87. The van der Waals surface area contributed by atoms with Crippen molar-refractivity contribution < 1.29 is 0 Å². The summed E-state index contributed by atoms with van der Waals surface area (Å²) in [7, 11) is 0. The Balaban J connectivity index is 2.03. The quantitative estimate of drug-likeness (QED) is 0.720. The summed E-state index contributed by atoms with van der Waals surface area (Å²) in [6.45, 7) is 4.11. The zero-order valence-electron chi connectivity index (χ0n) is 9.55. The van der Waals surface area contributed by atoms with Gasteiger partial charge in [-0.25, -0.2) is 0 Å². The second-order valence-electron chi connectivity index (χ2n) is 5.06. The molecule has 0 spiro atoms. The van der Waals surface area contributed by atoms with Gasteiger partial charge >= 0.3 is 0 Å². The first-order valence-electron chi connectivity index (χ1n) is 6.16. The highest BCUT2D eigenvalue weighted by atomic mass is 15.1. The maximum absolute atomic E-state index is 9.43. The topological polar surface area (TPSA) is 47.9 Å². The molecule has 3 heteroatoms. The second-order valence-corrected chi connectivity index (χ2v) is 5.06. The van der Waals surface area contributed by atoms with E-state index in [0.29, 0.717) is 12.0 Å². The van der Waals surface area contributed by atoms with Gasteiger partial charge in [0.2, 0.25) is 0 Å². The fraction of sp³-hybridized carbons (Fsp3) is 0.917. The van der Waals surface area contributed by atoms with Crippen LogP contribution in [0.3, 0.4) is 0 Å². The third-order valence-electron chi connectivity index (χ3n) is 4.00. The molecule has 0 bridgehead atoms. The van der Waals surface area contributed by atoms with Crippen molar-refractivity contribution in [2.45, 2.75) is 50.6 Å². The summed E-state index contributed by atoms with van der Waals surface area (Å²) in [5, 5.41) is 16.4. The number of hydrogen-bond donors (Lipinski definition) is 2. The van der Waals surface area contributed by atoms with Gasteiger partial charge in [-0.2, -0.15) is 5.26 Å². The number of rotatable bonds is 2.